The fraction of sp³-hybridized carbons (Fsp3) is 0.0769. The molecule has 0 spiro atoms. The summed E-state index contributed by atoms with van der Waals surface area (Å²) in [7, 11) is 0. The largest absolute Gasteiger partial charge is 0.456 e. The van der Waals surface area contributed by atoms with E-state index < -0.39 is 6.10 Å². The van der Waals surface area contributed by atoms with Crippen LogP contribution in [0.2, 0.25) is 10.0 Å². The lowest BCUT2D eigenvalue weighted by Crippen LogP contribution is -1.95. The number of rotatable bonds is 2. The van der Waals surface area contributed by atoms with E-state index >= 15 is 0 Å². The minimum Gasteiger partial charge on any atom is -0.456 e. The van der Waals surface area contributed by atoms with Gasteiger partial charge in [0.2, 0.25) is 0 Å². The Hall–Kier alpha value is -1.00. The summed E-state index contributed by atoms with van der Waals surface area (Å²) in [5.41, 5.74) is 0.584. The molecule has 2 aromatic heterocycles. The van der Waals surface area contributed by atoms with Gasteiger partial charge in [0.15, 0.2) is 5.58 Å². The average Bonchev–Trinajstić information content (AvgIpc) is 2.95. The van der Waals surface area contributed by atoms with Gasteiger partial charge in [-0.15, -0.1) is 11.3 Å². The molecule has 3 aromatic rings. The van der Waals surface area contributed by atoms with E-state index in [2.05, 4.69) is 0 Å². The highest BCUT2D eigenvalue weighted by molar-refractivity contribution is 7.10. The molecule has 2 nitrogen and oxygen atoms in total. The Morgan fingerprint density at radius 1 is 1.17 bits per heavy atom. The van der Waals surface area contributed by atoms with Gasteiger partial charge in [0.05, 0.1) is 14.9 Å². The van der Waals surface area contributed by atoms with E-state index in [-0.39, 0.29) is 0 Å². The molecule has 1 N–H and O–H groups in total. The second-order valence-corrected chi connectivity index (χ2v) is 5.60. The number of hydrogen-bond donors (Lipinski definition) is 1. The molecular weight excluding hydrogens is 291 g/mol. The number of aliphatic hydroxyl groups excluding tert-OH is 1. The zero-order chi connectivity index (χ0) is 12.7. The van der Waals surface area contributed by atoms with Gasteiger partial charge in [-0.1, -0.05) is 35.3 Å². The van der Waals surface area contributed by atoms with Crippen LogP contribution in [0.25, 0.3) is 11.0 Å². The second-order valence-electron chi connectivity index (χ2n) is 3.84. The second kappa shape index (κ2) is 4.59. The van der Waals surface area contributed by atoms with Gasteiger partial charge >= 0.3 is 0 Å². The summed E-state index contributed by atoms with van der Waals surface area (Å²) in [6.07, 6.45) is -0.860. The lowest BCUT2D eigenvalue weighted by Gasteiger charge is -2.05. The minimum atomic E-state index is -0.860. The Balaban J connectivity index is 2.10. The van der Waals surface area contributed by atoms with Gasteiger partial charge in [-0.05, 0) is 23.6 Å². The number of para-hydroxylation sites is 1. The third-order valence-electron chi connectivity index (χ3n) is 2.68. The maximum atomic E-state index is 10.2. The predicted octanol–water partition coefficient (Wildman–Crippen LogP) is 4.88. The smallest absolute Gasteiger partial charge is 0.153 e. The van der Waals surface area contributed by atoms with E-state index in [1.807, 2.05) is 17.5 Å². The van der Waals surface area contributed by atoms with Gasteiger partial charge in [0.25, 0.3) is 0 Å². The van der Waals surface area contributed by atoms with Crippen molar-refractivity contribution in [3.05, 3.63) is 56.4 Å². The fourth-order valence-electron chi connectivity index (χ4n) is 1.81. The van der Waals surface area contributed by atoms with Crippen LogP contribution in [0, 0.1) is 0 Å². The molecule has 0 radical (unpaired) electrons. The molecule has 2 heterocycles. The molecule has 0 aliphatic heterocycles. The molecule has 1 unspecified atom stereocenters. The SMILES string of the molecule is OC(c1cc2cccc(Cl)c2o1)c1sccc1Cl. The molecule has 5 heteroatoms. The average molecular weight is 299 g/mol. The van der Waals surface area contributed by atoms with Crippen molar-refractivity contribution in [2.24, 2.45) is 0 Å². The highest BCUT2D eigenvalue weighted by atomic mass is 35.5. The summed E-state index contributed by atoms with van der Waals surface area (Å²) < 4.78 is 5.61. The topological polar surface area (TPSA) is 33.4 Å². The quantitative estimate of drug-likeness (QED) is 0.731. The van der Waals surface area contributed by atoms with Gasteiger partial charge < -0.3 is 9.52 Å². The molecule has 0 aliphatic carbocycles. The lowest BCUT2D eigenvalue weighted by molar-refractivity contribution is 0.196. The maximum absolute atomic E-state index is 10.2. The van der Waals surface area contributed by atoms with Crippen LogP contribution in [0.5, 0.6) is 0 Å². The normalized spacial score (nSPS) is 13.1. The van der Waals surface area contributed by atoms with Crippen molar-refractivity contribution in [3.63, 3.8) is 0 Å². The van der Waals surface area contributed by atoms with E-state index in [4.69, 9.17) is 27.6 Å². The number of halogens is 2. The molecule has 3 rings (SSSR count). The summed E-state index contributed by atoms with van der Waals surface area (Å²) in [5.74, 6) is 0.447. The molecule has 0 bridgehead atoms. The minimum absolute atomic E-state index is 0.447. The van der Waals surface area contributed by atoms with Crippen molar-refractivity contribution >= 4 is 45.5 Å². The standard InChI is InChI=1S/C13H8Cl2O2S/c14-8-3-1-2-7-6-10(17-12(7)8)11(16)13-9(15)4-5-18-13/h1-6,11,16H. The Kier molecular flexibility index (Phi) is 3.08. The highest BCUT2D eigenvalue weighted by Crippen LogP contribution is 2.36. The van der Waals surface area contributed by atoms with Gasteiger partial charge in [-0.25, -0.2) is 0 Å². The molecule has 0 saturated carbocycles. The number of furan rings is 1. The fourth-order valence-corrected chi connectivity index (χ4v) is 3.18. The van der Waals surface area contributed by atoms with Crippen LogP contribution in [0.4, 0.5) is 0 Å². The van der Waals surface area contributed by atoms with Gasteiger partial charge in [0, 0.05) is 5.39 Å². The Bertz CT molecular complexity index is 702. The number of aliphatic hydroxyl groups is 1. The zero-order valence-electron chi connectivity index (χ0n) is 9.06. The summed E-state index contributed by atoms with van der Waals surface area (Å²) in [5, 5.41) is 14.0. The molecule has 1 atom stereocenters. The van der Waals surface area contributed by atoms with Crippen LogP contribution in [0.15, 0.2) is 40.1 Å². The number of thiophene rings is 1. The van der Waals surface area contributed by atoms with Crippen LogP contribution in [0.1, 0.15) is 16.7 Å². The van der Waals surface area contributed by atoms with Crippen LogP contribution in [0.3, 0.4) is 0 Å². The molecular formula is C13H8Cl2O2S. The molecule has 0 fully saturated rings. The number of hydrogen-bond acceptors (Lipinski definition) is 3. The third-order valence-corrected chi connectivity index (χ3v) is 4.39. The molecule has 92 valence electrons. The summed E-state index contributed by atoms with van der Waals surface area (Å²) in [6, 6.07) is 9.01. The summed E-state index contributed by atoms with van der Waals surface area (Å²) in [4.78, 5) is 0.673. The Morgan fingerprint density at radius 2 is 2.00 bits per heavy atom. The summed E-state index contributed by atoms with van der Waals surface area (Å²) in [6.45, 7) is 0. The van der Waals surface area contributed by atoms with Crippen molar-refractivity contribution in [2.75, 3.05) is 0 Å². The first-order valence-electron chi connectivity index (χ1n) is 5.25. The molecule has 0 saturated heterocycles. The van der Waals surface area contributed by atoms with E-state index in [1.165, 1.54) is 11.3 Å². The molecule has 0 amide bonds. The van der Waals surface area contributed by atoms with Crippen molar-refractivity contribution in [3.8, 4) is 0 Å². The number of benzene rings is 1. The van der Waals surface area contributed by atoms with Crippen molar-refractivity contribution in [2.45, 2.75) is 6.10 Å². The van der Waals surface area contributed by atoms with E-state index in [9.17, 15) is 5.11 Å². The highest BCUT2D eigenvalue weighted by Gasteiger charge is 2.20. The van der Waals surface area contributed by atoms with Crippen LogP contribution in [-0.2, 0) is 0 Å². The van der Waals surface area contributed by atoms with Crippen molar-refractivity contribution in [1.82, 2.24) is 0 Å². The van der Waals surface area contributed by atoms with Crippen LogP contribution in [-0.4, -0.2) is 5.11 Å². The Labute approximate surface area is 117 Å². The van der Waals surface area contributed by atoms with E-state index in [0.29, 0.717) is 26.3 Å². The van der Waals surface area contributed by atoms with Crippen LogP contribution >= 0.6 is 34.5 Å². The van der Waals surface area contributed by atoms with Crippen LogP contribution < -0.4 is 0 Å². The molecule has 18 heavy (non-hydrogen) atoms. The Morgan fingerprint density at radius 3 is 2.67 bits per heavy atom. The first kappa shape index (κ1) is 12.1. The van der Waals surface area contributed by atoms with E-state index in [0.717, 1.165) is 5.39 Å². The predicted molar refractivity (Wildman–Crippen MR) is 74.6 cm³/mol. The first-order chi connectivity index (χ1) is 8.66. The van der Waals surface area contributed by atoms with Gasteiger partial charge in [-0.3, -0.25) is 0 Å². The van der Waals surface area contributed by atoms with Crippen molar-refractivity contribution in [1.29, 1.82) is 0 Å². The molecule has 1 aromatic carbocycles. The van der Waals surface area contributed by atoms with Gasteiger partial charge in [-0.2, -0.15) is 0 Å². The monoisotopic (exact) mass is 298 g/mol. The molecule has 0 aliphatic rings. The number of fused-ring (bicyclic) bond motifs is 1. The maximum Gasteiger partial charge on any atom is 0.153 e. The lowest BCUT2D eigenvalue weighted by atomic mass is 10.2. The van der Waals surface area contributed by atoms with Gasteiger partial charge in [0.1, 0.15) is 11.9 Å². The first-order valence-corrected chi connectivity index (χ1v) is 6.89. The zero-order valence-corrected chi connectivity index (χ0v) is 11.4. The summed E-state index contributed by atoms with van der Waals surface area (Å²) >= 11 is 13.4. The van der Waals surface area contributed by atoms with E-state index in [1.54, 1.807) is 18.2 Å². The third kappa shape index (κ3) is 1.93. The van der Waals surface area contributed by atoms with Crippen molar-refractivity contribution < 1.29 is 9.52 Å².